The zero-order chi connectivity index (χ0) is 36.3. The summed E-state index contributed by atoms with van der Waals surface area (Å²) in [7, 11) is 5.02. The number of nitrogens with zero attached hydrogens (tertiary/aromatic N) is 2. The molecule has 3 amide bonds. The van der Waals surface area contributed by atoms with Gasteiger partial charge in [0.15, 0.2) is 0 Å². The predicted molar refractivity (Wildman–Crippen MR) is 178 cm³/mol. The molecule has 0 saturated heterocycles. The third-order valence-corrected chi connectivity index (χ3v) is 6.65. The Morgan fingerprint density at radius 2 is 1.39 bits per heavy atom. The van der Waals surface area contributed by atoms with Crippen molar-refractivity contribution in [1.29, 1.82) is 5.41 Å². The molecule has 4 aromatic rings. The highest BCUT2D eigenvalue weighted by Gasteiger charge is 2.38. The van der Waals surface area contributed by atoms with E-state index in [1.165, 1.54) is 0 Å². The molecule has 2 aromatic carbocycles. The standard InChI is InChI=1S/C31H33N7O4.C2HF3O2/c1-37-19-24(16-26(37)30(40)34-14-13-28(32)33)36-31(41)27-17-23(18-38(27)2)35-29(39)22-11-9-20(10-12-22)7-8-21-5-4-6-25(15-21)42-3;3-2(4,5)1(6)7/h4-12,15-19H,13-14H2,1-3H3,(H3,32,33)(H,34,40)(H,35,39)(H,36,41);(H,6,7)/b8-7+;. The SMILES string of the molecule is COc1cccc(/C=C/c2ccc(C(=O)Nc3cc(C(=O)Nc4cc(C(=O)NCCC(=N)N)n(C)c4)n(C)c3)cc2)c1.O=C(O)C(F)(F)F. The third kappa shape index (κ3) is 11.2. The van der Waals surface area contributed by atoms with E-state index in [-0.39, 0.29) is 30.6 Å². The minimum Gasteiger partial charge on any atom is -0.497 e. The molecule has 0 unspecified atom stereocenters. The normalized spacial score (nSPS) is 10.9. The van der Waals surface area contributed by atoms with E-state index in [0.29, 0.717) is 28.3 Å². The highest BCUT2D eigenvalue weighted by molar-refractivity contribution is 6.07. The Hall–Kier alpha value is -6.32. The highest BCUT2D eigenvalue weighted by Crippen LogP contribution is 2.19. The Bertz CT molecular complexity index is 1860. The smallest absolute Gasteiger partial charge is 0.490 e. The van der Waals surface area contributed by atoms with Gasteiger partial charge in [-0.2, -0.15) is 13.2 Å². The lowest BCUT2D eigenvalue weighted by Crippen LogP contribution is -2.28. The molecule has 0 fully saturated rings. The van der Waals surface area contributed by atoms with Crippen LogP contribution < -0.4 is 26.4 Å². The number of amides is 3. The topological polar surface area (TPSA) is 194 Å². The number of halogens is 3. The van der Waals surface area contributed by atoms with Crippen molar-refractivity contribution in [3.8, 4) is 5.75 Å². The molecule has 0 atom stereocenters. The number of ether oxygens (including phenoxy) is 1. The first kappa shape index (κ1) is 37.1. The number of carbonyl (C=O) groups is 4. The predicted octanol–water partition coefficient (Wildman–Crippen LogP) is 4.74. The second-order valence-electron chi connectivity index (χ2n) is 10.4. The summed E-state index contributed by atoms with van der Waals surface area (Å²) in [5.74, 6) is -3.04. The Morgan fingerprint density at radius 1 is 0.857 bits per heavy atom. The van der Waals surface area contributed by atoms with Crippen molar-refractivity contribution in [2.45, 2.75) is 12.6 Å². The molecule has 0 radical (unpaired) electrons. The first-order valence-corrected chi connectivity index (χ1v) is 14.4. The maximum atomic E-state index is 13.0. The number of methoxy groups -OCH3 is 1. The molecule has 49 heavy (non-hydrogen) atoms. The average Bonchev–Trinajstić information content (AvgIpc) is 3.60. The molecular weight excluding hydrogens is 647 g/mol. The van der Waals surface area contributed by atoms with Gasteiger partial charge in [-0.05, 0) is 47.5 Å². The number of nitrogens with two attached hydrogens (primary N) is 1. The number of benzene rings is 2. The number of anilines is 2. The van der Waals surface area contributed by atoms with Crippen molar-refractivity contribution >= 4 is 53.1 Å². The summed E-state index contributed by atoms with van der Waals surface area (Å²) in [6, 6.07) is 18.0. The van der Waals surface area contributed by atoms with Crippen molar-refractivity contribution in [3.05, 3.63) is 101 Å². The summed E-state index contributed by atoms with van der Waals surface area (Å²) < 4.78 is 40.2. The Morgan fingerprint density at radius 3 is 1.92 bits per heavy atom. The number of carboxylic acids is 1. The highest BCUT2D eigenvalue weighted by atomic mass is 19.4. The van der Waals surface area contributed by atoms with Crippen LogP contribution in [0.25, 0.3) is 12.2 Å². The first-order chi connectivity index (χ1) is 23.1. The van der Waals surface area contributed by atoms with Gasteiger partial charge in [0.1, 0.15) is 17.1 Å². The lowest BCUT2D eigenvalue weighted by molar-refractivity contribution is -0.192. The van der Waals surface area contributed by atoms with E-state index in [4.69, 9.17) is 25.8 Å². The summed E-state index contributed by atoms with van der Waals surface area (Å²) in [4.78, 5) is 47.1. The van der Waals surface area contributed by atoms with Gasteiger partial charge in [-0.15, -0.1) is 0 Å². The largest absolute Gasteiger partial charge is 0.497 e. The zero-order valence-corrected chi connectivity index (χ0v) is 26.6. The molecule has 2 aromatic heterocycles. The molecule has 0 spiro atoms. The Labute approximate surface area is 278 Å². The number of alkyl halides is 3. The van der Waals surface area contributed by atoms with E-state index in [1.54, 1.807) is 67.0 Å². The molecule has 4 rings (SSSR count). The number of aliphatic carboxylic acids is 1. The second kappa shape index (κ2) is 16.5. The van der Waals surface area contributed by atoms with E-state index >= 15 is 0 Å². The molecule has 0 bridgehead atoms. The number of aryl methyl sites for hydroxylation is 2. The number of hydrogen-bond acceptors (Lipinski definition) is 6. The maximum Gasteiger partial charge on any atom is 0.490 e. The zero-order valence-electron chi connectivity index (χ0n) is 26.6. The van der Waals surface area contributed by atoms with Gasteiger partial charge >= 0.3 is 12.1 Å². The molecule has 258 valence electrons. The van der Waals surface area contributed by atoms with Crippen molar-refractivity contribution < 1.29 is 42.2 Å². The molecule has 2 heterocycles. The van der Waals surface area contributed by atoms with Crippen LogP contribution in [0.1, 0.15) is 48.9 Å². The van der Waals surface area contributed by atoms with E-state index in [0.717, 1.165) is 16.9 Å². The van der Waals surface area contributed by atoms with Crippen LogP contribution in [0, 0.1) is 5.41 Å². The van der Waals surface area contributed by atoms with Gasteiger partial charge in [0.25, 0.3) is 17.7 Å². The van der Waals surface area contributed by atoms with Crippen molar-refractivity contribution in [2.24, 2.45) is 19.8 Å². The van der Waals surface area contributed by atoms with E-state index in [1.807, 2.05) is 48.6 Å². The summed E-state index contributed by atoms with van der Waals surface area (Å²) in [6.07, 6.45) is 2.36. The van der Waals surface area contributed by atoms with Crippen molar-refractivity contribution in [2.75, 3.05) is 24.3 Å². The van der Waals surface area contributed by atoms with E-state index in [2.05, 4.69) is 16.0 Å². The van der Waals surface area contributed by atoms with Crippen LogP contribution in [0.2, 0.25) is 0 Å². The van der Waals surface area contributed by atoms with Crippen LogP contribution in [0.3, 0.4) is 0 Å². The number of rotatable bonds is 11. The van der Waals surface area contributed by atoms with E-state index < -0.39 is 18.1 Å². The van der Waals surface area contributed by atoms with Crippen molar-refractivity contribution in [1.82, 2.24) is 14.5 Å². The fourth-order valence-electron chi connectivity index (χ4n) is 4.20. The number of amidine groups is 1. The Kier molecular flexibility index (Phi) is 12.5. The van der Waals surface area contributed by atoms with Crippen LogP contribution in [0.4, 0.5) is 24.5 Å². The molecule has 7 N–H and O–H groups in total. The lowest BCUT2D eigenvalue weighted by atomic mass is 10.1. The van der Waals surface area contributed by atoms with E-state index in [9.17, 15) is 27.6 Å². The van der Waals surface area contributed by atoms with Gasteiger partial charge in [-0.3, -0.25) is 19.8 Å². The monoisotopic (exact) mass is 681 g/mol. The number of nitrogens with one attached hydrogen (secondary N) is 4. The quantitative estimate of drug-likeness (QED) is 0.0748. The molecule has 0 aliphatic rings. The first-order valence-electron chi connectivity index (χ1n) is 14.4. The summed E-state index contributed by atoms with van der Waals surface area (Å²) in [5, 5.41) is 22.7. The van der Waals surface area contributed by atoms with Gasteiger partial charge in [0, 0.05) is 45.0 Å². The maximum absolute atomic E-state index is 13.0. The third-order valence-electron chi connectivity index (χ3n) is 6.65. The van der Waals surface area contributed by atoms with Crippen LogP contribution in [-0.2, 0) is 18.9 Å². The fourth-order valence-corrected chi connectivity index (χ4v) is 4.20. The summed E-state index contributed by atoms with van der Waals surface area (Å²) in [5.41, 5.74) is 9.29. The van der Waals surface area contributed by atoms with Crippen LogP contribution >= 0.6 is 0 Å². The molecule has 0 saturated carbocycles. The molecular formula is C33H34F3N7O6. The number of hydrogen-bond donors (Lipinski definition) is 6. The fraction of sp³-hybridized carbons (Fsp3) is 0.182. The minimum absolute atomic E-state index is 0.0138. The molecule has 16 heteroatoms. The van der Waals surface area contributed by atoms with Gasteiger partial charge in [-0.25, -0.2) is 4.79 Å². The minimum atomic E-state index is -5.08. The number of carbonyl (C=O) groups excluding carboxylic acids is 3. The molecule has 0 aliphatic carbocycles. The Balaban J connectivity index is 0.000000838. The molecule has 13 nitrogen and oxygen atoms in total. The number of carboxylic acid groups (broad SMARTS) is 1. The van der Waals surface area contributed by atoms with Gasteiger partial charge in [0.2, 0.25) is 0 Å². The van der Waals surface area contributed by atoms with Crippen molar-refractivity contribution in [3.63, 3.8) is 0 Å². The summed E-state index contributed by atoms with van der Waals surface area (Å²) in [6.45, 7) is 0.240. The van der Waals surface area contributed by atoms with Crippen LogP contribution in [0.5, 0.6) is 5.75 Å². The van der Waals surface area contributed by atoms with Gasteiger partial charge in [0.05, 0.1) is 24.3 Å². The van der Waals surface area contributed by atoms with Gasteiger partial charge in [-0.1, -0.05) is 36.4 Å². The van der Waals surface area contributed by atoms with Crippen LogP contribution in [-0.4, -0.2) is 63.6 Å². The average molecular weight is 682 g/mol. The van der Waals surface area contributed by atoms with Crippen LogP contribution in [0.15, 0.2) is 73.1 Å². The molecule has 0 aliphatic heterocycles. The second-order valence-corrected chi connectivity index (χ2v) is 10.4. The lowest BCUT2D eigenvalue weighted by Gasteiger charge is -2.04. The number of aromatic nitrogens is 2. The summed E-state index contributed by atoms with van der Waals surface area (Å²) >= 11 is 0. The van der Waals surface area contributed by atoms with Gasteiger partial charge < -0.3 is 40.7 Å².